The minimum absolute atomic E-state index is 0.101. The predicted octanol–water partition coefficient (Wildman–Crippen LogP) is 6.51. The van der Waals surface area contributed by atoms with E-state index in [0.29, 0.717) is 12.2 Å². The van der Waals surface area contributed by atoms with Crippen LogP contribution in [0.25, 0.3) is 43.5 Å². The summed E-state index contributed by atoms with van der Waals surface area (Å²) in [7, 11) is 2.56. The maximum absolute atomic E-state index is 12.4. The van der Waals surface area contributed by atoms with Crippen molar-refractivity contribution in [3.8, 4) is 0 Å². The molecular formula is C29H26N5O4P. The van der Waals surface area contributed by atoms with Crippen molar-refractivity contribution in [3.63, 3.8) is 0 Å². The summed E-state index contributed by atoms with van der Waals surface area (Å²) in [5.74, 6) is 0.101. The number of nitrogens with zero attached hydrogens (tertiary/aromatic N) is 2. The Labute approximate surface area is 224 Å². The van der Waals surface area contributed by atoms with Crippen molar-refractivity contribution < 1.29 is 13.2 Å². The van der Waals surface area contributed by atoms with Crippen LogP contribution in [0.2, 0.25) is 0 Å². The molecular weight excluding hydrogens is 513 g/mol. The first-order chi connectivity index (χ1) is 18.9. The quantitative estimate of drug-likeness (QED) is 0.235. The van der Waals surface area contributed by atoms with E-state index in [4.69, 9.17) is 8.39 Å². The fraction of sp³-hybridized carbons (Fsp3) is 0.138. The second-order valence-electron chi connectivity index (χ2n) is 9.46. The van der Waals surface area contributed by atoms with Gasteiger partial charge in [-0.25, -0.2) is 14.4 Å². The lowest BCUT2D eigenvalue weighted by Gasteiger charge is -2.09. The van der Waals surface area contributed by atoms with E-state index in [1.165, 1.54) is 6.07 Å². The molecule has 39 heavy (non-hydrogen) atoms. The van der Waals surface area contributed by atoms with Crippen molar-refractivity contribution in [2.24, 2.45) is 0 Å². The molecule has 9 nitrogen and oxygen atoms in total. The van der Waals surface area contributed by atoms with Crippen LogP contribution in [0.15, 0.2) is 86.0 Å². The molecule has 4 aromatic carbocycles. The first kappa shape index (κ1) is 24.7. The van der Waals surface area contributed by atoms with Crippen LogP contribution >= 0.6 is 8.16 Å². The van der Waals surface area contributed by atoms with Crippen LogP contribution in [0.5, 0.6) is 0 Å². The highest BCUT2D eigenvalue weighted by Gasteiger charge is 2.14. The third kappa shape index (κ3) is 4.85. The zero-order valence-corrected chi connectivity index (χ0v) is 22.5. The molecule has 6 aromatic rings. The Balaban J connectivity index is 1.43. The van der Waals surface area contributed by atoms with Crippen molar-refractivity contribution in [1.82, 2.24) is 15.3 Å². The molecule has 3 N–H and O–H groups in total. The number of aryl methyl sites for hydroxylation is 1. The van der Waals surface area contributed by atoms with E-state index in [-0.39, 0.29) is 11.5 Å². The molecule has 0 saturated heterocycles. The largest absolute Gasteiger partial charge is 0.408 e. The fourth-order valence-electron chi connectivity index (χ4n) is 4.71. The molecule has 6 rings (SSSR count). The number of benzene rings is 4. The van der Waals surface area contributed by atoms with Gasteiger partial charge < -0.3 is 13.7 Å². The van der Waals surface area contributed by atoms with Gasteiger partial charge in [-0.15, -0.1) is 0 Å². The van der Waals surface area contributed by atoms with Crippen molar-refractivity contribution in [2.75, 3.05) is 24.1 Å². The normalized spacial score (nSPS) is 11.9. The number of urea groups is 1. The van der Waals surface area contributed by atoms with E-state index in [1.807, 2.05) is 61.2 Å². The first-order valence-corrected chi connectivity index (χ1v) is 13.5. The molecule has 0 fully saturated rings. The molecule has 10 heteroatoms. The molecule has 0 spiro atoms. The standard InChI is InChI=1S/C29H26N5O4P/c1-17-14-25(35)32-28(31-17)33-29(36)30-16-18-8-11-22-20(15-18)10-13-24-27(22)26-21-7-5-4-6-19(21)9-12-23(26)37-39(38-24)34(2)3/h4-15H,16H2,1-3H3,(H3,30,31,32,33,35,36). The van der Waals surface area contributed by atoms with Gasteiger partial charge in [-0.3, -0.25) is 15.1 Å². The molecule has 0 bridgehead atoms. The second-order valence-corrected chi connectivity index (χ2v) is 11.1. The molecule has 1 unspecified atom stereocenters. The number of nitrogens with one attached hydrogen (secondary N) is 3. The minimum Gasteiger partial charge on any atom is -0.408 e. The van der Waals surface area contributed by atoms with Gasteiger partial charge in [0.1, 0.15) is 11.2 Å². The van der Waals surface area contributed by atoms with Gasteiger partial charge in [-0.1, -0.05) is 48.5 Å². The van der Waals surface area contributed by atoms with Gasteiger partial charge in [-0.2, -0.15) is 0 Å². The SMILES string of the molecule is Cc1cc(=O)[nH]c(NC(=O)NCc2ccc3c(ccc4op(N(C)C)oc5ccc6ccccc6c5c43)c2)n1. The van der Waals surface area contributed by atoms with Crippen molar-refractivity contribution in [1.29, 1.82) is 0 Å². The minimum atomic E-state index is -1.33. The maximum atomic E-state index is 12.4. The van der Waals surface area contributed by atoms with Crippen molar-refractivity contribution in [2.45, 2.75) is 13.5 Å². The van der Waals surface area contributed by atoms with Crippen molar-refractivity contribution in [3.05, 3.63) is 94.4 Å². The maximum Gasteiger partial charge on any atom is 0.321 e. The zero-order chi connectivity index (χ0) is 27.1. The number of hydrogen-bond donors (Lipinski definition) is 3. The first-order valence-electron chi connectivity index (χ1n) is 12.4. The number of H-pyrrole nitrogens is 1. The fourth-order valence-corrected chi connectivity index (χ4v) is 5.72. The third-order valence-corrected chi connectivity index (χ3v) is 7.78. The summed E-state index contributed by atoms with van der Waals surface area (Å²) in [5.41, 5.74) is 2.66. The average molecular weight is 540 g/mol. The number of aromatic nitrogens is 2. The van der Waals surface area contributed by atoms with Crippen LogP contribution in [0.3, 0.4) is 0 Å². The molecule has 196 valence electrons. The molecule has 1 atom stereocenters. The predicted molar refractivity (Wildman–Crippen MR) is 157 cm³/mol. The van der Waals surface area contributed by atoms with Crippen LogP contribution in [-0.2, 0) is 6.54 Å². The Morgan fingerprint density at radius 3 is 2.33 bits per heavy atom. The molecule has 0 aliphatic rings. The summed E-state index contributed by atoms with van der Waals surface area (Å²) in [5, 5.41) is 11.6. The summed E-state index contributed by atoms with van der Waals surface area (Å²) < 4.78 is 14.8. The Morgan fingerprint density at radius 1 is 0.923 bits per heavy atom. The number of anilines is 1. The van der Waals surface area contributed by atoms with Crippen molar-refractivity contribution >= 4 is 63.6 Å². The highest BCUT2D eigenvalue weighted by molar-refractivity contribution is 7.38. The van der Waals surface area contributed by atoms with Crippen LogP contribution in [0.4, 0.5) is 10.7 Å². The van der Waals surface area contributed by atoms with Gasteiger partial charge >= 0.3 is 14.2 Å². The van der Waals surface area contributed by atoms with E-state index in [0.717, 1.165) is 49.0 Å². The van der Waals surface area contributed by atoms with E-state index in [1.54, 1.807) is 6.92 Å². The number of carbonyl (C=O) groups is 1. The lowest BCUT2D eigenvalue weighted by atomic mass is 9.97. The molecule has 2 aromatic heterocycles. The topological polar surface area (TPSA) is 116 Å². The van der Waals surface area contributed by atoms with E-state index < -0.39 is 14.2 Å². The van der Waals surface area contributed by atoms with Crippen LogP contribution in [-0.4, -0.2) is 30.1 Å². The van der Waals surface area contributed by atoms with Gasteiger partial charge in [0.2, 0.25) is 5.95 Å². The Bertz CT molecular complexity index is 2000. The monoisotopic (exact) mass is 539 g/mol. The number of amides is 2. The van der Waals surface area contributed by atoms with Gasteiger partial charge in [0.05, 0.1) is 0 Å². The van der Waals surface area contributed by atoms with Crippen LogP contribution < -0.4 is 20.9 Å². The van der Waals surface area contributed by atoms with Gasteiger partial charge in [-0.05, 0) is 52.2 Å². The smallest absolute Gasteiger partial charge is 0.321 e. The Hall–Kier alpha value is -4.59. The molecule has 0 saturated carbocycles. The highest BCUT2D eigenvalue weighted by atomic mass is 31.1. The molecule has 2 heterocycles. The summed E-state index contributed by atoms with van der Waals surface area (Å²) >= 11 is 0. The molecule has 0 radical (unpaired) electrons. The number of hydrogen-bond acceptors (Lipinski definition) is 6. The highest BCUT2D eigenvalue weighted by Crippen LogP contribution is 2.41. The summed E-state index contributed by atoms with van der Waals surface area (Å²) in [4.78, 5) is 30.7. The lowest BCUT2D eigenvalue weighted by Crippen LogP contribution is -2.30. The molecule has 2 amide bonds. The van der Waals surface area contributed by atoms with Gasteiger partial charge in [0.25, 0.3) is 5.56 Å². The average Bonchev–Trinajstić information content (AvgIpc) is 3.08. The Morgan fingerprint density at radius 2 is 1.62 bits per heavy atom. The lowest BCUT2D eigenvalue weighted by molar-refractivity contribution is 0.251. The van der Waals surface area contributed by atoms with Crippen LogP contribution in [0.1, 0.15) is 11.3 Å². The number of aromatic amines is 1. The molecule has 0 aliphatic carbocycles. The van der Waals surface area contributed by atoms with E-state index in [2.05, 4.69) is 44.9 Å². The van der Waals surface area contributed by atoms with Gasteiger partial charge in [0.15, 0.2) is 0 Å². The number of rotatable bonds is 4. The number of fused-ring (bicyclic) bond motifs is 7. The van der Waals surface area contributed by atoms with Gasteiger partial charge in [0, 0.05) is 43.2 Å². The summed E-state index contributed by atoms with van der Waals surface area (Å²) in [6.45, 7) is 1.98. The summed E-state index contributed by atoms with van der Waals surface area (Å²) in [6, 6.07) is 23.4. The number of carbonyl (C=O) groups excluding carboxylic acids is 1. The zero-order valence-electron chi connectivity index (χ0n) is 21.6. The van der Waals surface area contributed by atoms with Crippen LogP contribution in [0, 0.1) is 6.92 Å². The van der Waals surface area contributed by atoms with E-state index in [9.17, 15) is 9.59 Å². The van der Waals surface area contributed by atoms with E-state index >= 15 is 0 Å². The second kappa shape index (κ2) is 9.94. The Kier molecular flexibility index (Phi) is 6.30. The third-order valence-electron chi connectivity index (χ3n) is 6.42. The molecule has 0 aliphatic heterocycles. The summed E-state index contributed by atoms with van der Waals surface area (Å²) in [6.07, 6.45) is 0.